The van der Waals surface area contributed by atoms with Crippen molar-refractivity contribution in [2.75, 3.05) is 40.6 Å². The molecular weight excluding hydrogens is 314 g/mol. The molecule has 24 heavy (non-hydrogen) atoms. The highest BCUT2D eigenvalue weighted by Crippen LogP contribution is 2.34. The molecule has 3 heterocycles. The van der Waals surface area contributed by atoms with Crippen LogP contribution in [0.1, 0.15) is 18.7 Å². The Balaban J connectivity index is 1.78. The van der Waals surface area contributed by atoms with E-state index in [0.29, 0.717) is 56.9 Å². The summed E-state index contributed by atoms with van der Waals surface area (Å²) in [6, 6.07) is 3.56. The van der Waals surface area contributed by atoms with Gasteiger partial charge in [-0.1, -0.05) is 5.16 Å². The molecule has 0 saturated carbocycles. The number of nitrogens with zero attached hydrogens (tertiary/aromatic N) is 3. The SMILES string of the molecule is COCCOc1cc(-c2nc(C3(OC)CCOCC3)no2)ccn1. The van der Waals surface area contributed by atoms with Crippen LogP contribution in [0.5, 0.6) is 5.88 Å². The van der Waals surface area contributed by atoms with Crippen molar-refractivity contribution >= 4 is 0 Å². The fourth-order valence-electron chi connectivity index (χ4n) is 2.60. The molecular formula is C16H21N3O5. The summed E-state index contributed by atoms with van der Waals surface area (Å²) in [5, 5.41) is 4.12. The lowest BCUT2D eigenvalue weighted by Crippen LogP contribution is -2.36. The van der Waals surface area contributed by atoms with Crippen molar-refractivity contribution < 1.29 is 23.5 Å². The minimum absolute atomic E-state index is 0.409. The first-order valence-corrected chi connectivity index (χ1v) is 7.83. The molecule has 1 saturated heterocycles. The number of hydrogen-bond acceptors (Lipinski definition) is 8. The molecule has 1 fully saturated rings. The number of methoxy groups -OCH3 is 2. The summed E-state index contributed by atoms with van der Waals surface area (Å²) in [5.41, 5.74) is 0.194. The second-order valence-electron chi connectivity index (χ2n) is 5.46. The summed E-state index contributed by atoms with van der Waals surface area (Å²) >= 11 is 0. The summed E-state index contributed by atoms with van der Waals surface area (Å²) in [6.07, 6.45) is 3.04. The second kappa shape index (κ2) is 7.69. The van der Waals surface area contributed by atoms with Gasteiger partial charge in [0.15, 0.2) is 0 Å². The van der Waals surface area contributed by atoms with Crippen molar-refractivity contribution in [1.29, 1.82) is 0 Å². The standard InChI is InChI=1S/C16H21N3O5/c1-20-9-10-23-13-11-12(3-6-17-13)14-18-15(19-24-14)16(21-2)4-7-22-8-5-16/h3,6,11H,4-5,7-10H2,1-2H3. The molecule has 2 aromatic rings. The summed E-state index contributed by atoms with van der Waals surface area (Å²) in [4.78, 5) is 8.67. The number of pyridine rings is 1. The molecule has 130 valence electrons. The van der Waals surface area contributed by atoms with E-state index in [9.17, 15) is 0 Å². The van der Waals surface area contributed by atoms with Gasteiger partial charge < -0.3 is 23.5 Å². The highest BCUT2D eigenvalue weighted by Gasteiger charge is 2.39. The normalized spacial score (nSPS) is 16.9. The Morgan fingerprint density at radius 3 is 2.79 bits per heavy atom. The van der Waals surface area contributed by atoms with Gasteiger partial charge in [0.05, 0.1) is 6.61 Å². The largest absolute Gasteiger partial charge is 0.475 e. The third kappa shape index (κ3) is 3.55. The Kier molecular flexibility index (Phi) is 5.39. The molecule has 1 aliphatic rings. The molecule has 8 nitrogen and oxygen atoms in total. The predicted octanol–water partition coefficient (Wildman–Crippen LogP) is 1.81. The van der Waals surface area contributed by atoms with Crippen LogP contribution >= 0.6 is 0 Å². The number of aromatic nitrogens is 3. The van der Waals surface area contributed by atoms with E-state index >= 15 is 0 Å². The zero-order chi connectivity index (χ0) is 16.8. The fourth-order valence-corrected chi connectivity index (χ4v) is 2.60. The van der Waals surface area contributed by atoms with Gasteiger partial charge in [0, 0.05) is 58.1 Å². The van der Waals surface area contributed by atoms with Crippen LogP contribution in [0, 0.1) is 0 Å². The van der Waals surface area contributed by atoms with Crippen molar-refractivity contribution in [3.8, 4) is 17.3 Å². The Labute approximate surface area is 140 Å². The van der Waals surface area contributed by atoms with Gasteiger partial charge in [0.25, 0.3) is 5.89 Å². The van der Waals surface area contributed by atoms with Crippen LogP contribution in [0.3, 0.4) is 0 Å². The van der Waals surface area contributed by atoms with Gasteiger partial charge in [-0.2, -0.15) is 4.98 Å². The Morgan fingerprint density at radius 2 is 2.04 bits per heavy atom. The topological polar surface area (TPSA) is 88.7 Å². The fraction of sp³-hybridized carbons (Fsp3) is 0.562. The summed E-state index contributed by atoms with van der Waals surface area (Å²) in [6.45, 7) is 2.15. The molecule has 8 heteroatoms. The van der Waals surface area contributed by atoms with Gasteiger partial charge in [-0.3, -0.25) is 0 Å². The Bertz CT molecular complexity index is 655. The predicted molar refractivity (Wildman–Crippen MR) is 83.6 cm³/mol. The van der Waals surface area contributed by atoms with E-state index in [0.717, 1.165) is 5.56 Å². The maximum atomic E-state index is 5.69. The van der Waals surface area contributed by atoms with E-state index in [2.05, 4.69) is 15.1 Å². The van der Waals surface area contributed by atoms with Gasteiger partial charge >= 0.3 is 0 Å². The first-order valence-electron chi connectivity index (χ1n) is 7.83. The Morgan fingerprint density at radius 1 is 1.21 bits per heavy atom. The molecule has 0 amide bonds. The van der Waals surface area contributed by atoms with Crippen LogP contribution in [0.25, 0.3) is 11.5 Å². The molecule has 0 spiro atoms. The third-order valence-corrected chi connectivity index (χ3v) is 4.04. The van der Waals surface area contributed by atoms with Crippen LogP contribution < -0.4 is 4.74 Å². The molecule has 1 aliphatic heterocycles. The first-order chi connectivity index (χ1) is 11.8. The van der Waals surface area contributed by atoms with Crippen molar-refractivity contribution in [1.82, 2.24) is 15.1 Å². The van der Waals surface area contributed by atoms with Crippen LogP contribution in [-0.2, 0) is 19.8 Å². The lowest BCUT2D eigenvalue weighted by Gasteiger charge is -2.32. The van der Waals surface area contributed by atoms with Crippen molar-refractivity contribution in [3.05, 3.63) is 24.2 Å². The molecule has 2 aromatic heterocycles. The molecule has 0 atom stereocenters. The van der Waals surface area contributed by atoms with Crippen LogP contribution in [0.2, 0.25) is 0 Å². The molecule has 0 aliphatic carbocycles. The maximum absolute atomic E-state index is 5.69. The van der Waals surface area contributed by atoms with Crippen molar-refractivity contribution in [3.63, 3.8) is 0 Å². The van der Waals surface area contributed by atoms with Crippen molar-refractivity contribution in [2.24, 2.45) is 0 Å². The lowest BCUT2D eigenvalue weighted by atomic mass is 9.93. The smallest absolute Gasteiger partial charge is 0.258 e. The first kappa shape index (κ1) is 16.8. The molecule has 0 N–H and O–H groups in total. The highest BCUT2D eigenvalue weighted by molar-refractivity contribution is 5.53. The van der Waals surface area contributed by atoms with Gasteiger partial charge in [-0.25, -0.2) is 4.98 Å². The average molecular weight is 335 g/mol. The van der Waals surface area contributed by atoms with Crippen LogP contribution in [-0.4, -0.2) is 55.8 Å². The van der Waals surface area contributed by atoms with Crippen LogP contribution in [0.15, 0.2) is 22.9 Å². The van der Waals surface area contributed by atoms with Gasteiger partial charge in [0.1, 0.15) is 12.2 Å². The number of hydrogen-bond donors (Lipinski definition) is 0. The highest BCUT2D eigenvalue weighted by atomic mass is 16.5. The van der Waals surface area contributed by atoms with E-state index < -0.39 is 5.60 Å². The molecule has 0 radical (unpaired) electrons. The zero-order valence-electron chi connectivity index (χ0n) is 13.9. The monoisotopic (exact) mass is 335 g/mol. The number of ether oxygens (including phenoxy) is 4. The zero-order valence-corrected chi connectivity index (χ0v) is 13.9. The Hall–Kier alpha value is -2.03. The van der Waals surface area contributed by atoms with Crippen LogP contribution in [0.4, 0.5) is 0 Å². The number of rotatable bonds is 7. The quantitative estimate of drug-likeness (QED) is 0.708. The molecule has 0 unspecified atom stereocenters. The van der Waals surface area contributed by atoms with E-state index in [1.807, 2.05) is 0 Å². The average Bonchev–Trinajstić information content (AvgIpc) is 3.14. The van der Waals surface area contributed by atoms with Gasteiger partial charge in [-0.05, 0) is 6.07 Å². The summed E-state index contributed by atoms with van der Waals surface area (Å²) in [5.74, 6) is 1.44. The molecule has 3 rings (SSSR count). The van der Waals surface area contributed by atoms with E-state index in [-0.39, 0.29) is 0 Å². The summed E-state index contributed by atoms with van der Waals surface area (Å²) < 4.78 is 27.0. The molecule has 0 aromatic carbocycles. The van der Waals surface area contributed by atoms with E-state index in [1.165, 1.54) is 0 Å². The minimum Gasteiger partial charge on any atom is -0.475 e. The minimum atomic E-state index is -0.551. The van der Waals surface area contributed by atoms with E-state index in [1.54, 1.807) is 32.5 Å². The van der Waals surface area contributed by atoms with E-state index in [4.69, 9.17) is 23.5 Å². The molecule has 0 bridgehead atoms. The summed E-state index contributed by atoms with van der Waals surface area (Å²) in [7, 11) is 3.28. The third-order valence-electron chi connectivity index (χ3n) is 4.04. The van der Waals surface area contributed by atoms with Gasteiger partial charge in [-0.15, -0.1) is 0 Å². The second-order valence-corrected chi connectivity index (χ2v) is 5.46. The van der Waals surface area contributed by atoms with Crippen molar-refractivity contribution in [2.45, 2.75) is 18.4 Å². The lowest BCUT2D eigenvalue weighted by molar-refractivity contribution is -0.101. The maximum Gasteiger partial charge on any atom is 0.258 e. The van der Waals surface area contributed by atoms with Gasteiger partial charge in [0.2, 0.25) is 11.7 Å².